The highest BCUT2D eigenvalue weighted by atomic mass is 19.1. The lowest BCUT2D eigenvalue weighted by Crippen LogP contribution is -2.30. The van der Waals surface area contributed by atoms with Crippen LogP contribution in [0.2, 0.25) is 0 Å². The first-order valence-electron chi connectivity index (χ1n) is 4.61. The molecule has 0 saturated carbocycles. The number of hydrogen-bond acceptors (Lipinski definition) is 1. The minimum atomic E-state index is -1.21. The maximum atomic E-state index is 13.0. The summed E-state index contributed by atoms with van der Waals surface area (Å²) in [6, 6.07) is 6.18. The van der Waals surface area contributed by atoms with Crippen LogP contribution in [0, 0.1) is 5.82 Å². The van der Waals surface area contributed by atoms with E-state index < -0.39 is 5.67 Å². The zero-order chi connectivity index (χ0) is 10.6. The van der Waals surface area contributed by atoms with E-state index in [9.17, 15) is 8.78 Å². The van der Waals surface area contributed by atoms with Gasteiger partial charge in [-0.2, -0.15) is 0 Å². The van der Waals surface area contributed by atoms with Gasteiger partial charge in [0.1, 0.15) is 11.5 Å². The molecule has 1 nitrogen and oxygen atoms in total. The van der Waals surface area contributed by atoms with Crippen molar-refractivity contribution in [3.63, 3.8) is 0 Å². The molecule has 14 heavy (non-hydrogen) atoms. The quantitative estimate of drug-likeness (QED) is 0.786. The molecule has 0 saturated heterocycles. The molecule has 0 atom stereocenters. The van der Waals surface area contributed by atoms with Gasteiger partial charge in [0.05, 0.1) is 0 Å². The Morgan fingerprint density at radius 1 is 1.21 bits per heavy atom. The summed E-state index contributed by atoms with van der Waals surface area (Å²) in [6.07, 6.45) is 0. The Balaban J connectivity index is 2.35. The van der Waals surface area contributed by atoms with Crippen LogP contribution in [0.25, 0.3) is 0 Å². The van der Waals surface area contributed by atoms with Gasteiger partial charge in [0, 0.05) is 13.1 Å². The summed E-state index contributed by atoms with van der Waals surface area (Å²) in [5, 5.41) is 2.96. The fourth-order valence-corrected chi connectivity index (χ4v) is 1.11. The second-order valence-corrected chi connectivity index (χ2v) is 3.95. The number of alkyl halides is 1. The van der Waals surface area contributed by atoms with Crippen LogP contribution in [0.15, 0.2) is 24.3 Å². The van der Waals surface area contributed by atoms with Crippen molar-refractivity contribution < 1.29 is 8.78 Å². The van der Waals surface area contributed by atoms with Gasteiger partial charge in [-0.3, -0.25) is 0 Å². The fraction of sp³-hybridized carbons (Fsp3) is 0.455. The van der Waals surface area contributed by atoms with Crippen LogP contribution in [0.3, 0.4) is 0 Å². The van der Waals surface area contributed by atoms with Gasteiger partial charge < -0.3 is 5.32 Å². The highest BCUT2D eigenvalue weighted by molar-refractivity contribution is 5.15. The number of benzene rings is 1. The van der Waals surface area contributed by atoms with Crippen molar-refractivity contribution >= 4 is 0 Å². The normalized spacial score (nSPS) is 11.7. The van der Waals surface area contributed by atoms with E-state index in [0.717, 1.165) is 5.56 Å². The molecule has 0 unspecified atom stereocenters. The number of rotatable bonds is 4. The summed E-state index contributed by atoms with van der Waals surface area (Å²) in [4.78, 5) is 0. The second-order valence-electron chi connectivity index (χ2n) is 3.95. The van der Waals surface area contributed by atoms with Crippen LogP contribution in [0.4, 0.5) is 8.78 Å². The van der Waals surface area contributed by atoms with Crippen LogP contribution in [0.5, 0.6) is 0 Å². The molecule has 1 N–H and O–H groups in total. The molecule has 0 aromatic heterocycles. The molecule has 0 spiro atoms. The molecule has 0 radical (unpaired) electrons. The monoisotopic (exact) mass is 199 g/mol. The van der Waals surface area contributed by atoms with Crippen molar-refractivity contribution in [1.29, 1.82) is 0 Å². The molecule has 3 heteroatoms. The van der Waals surface area contributed by atoms with E-state index in [1.807, 2.05) is 0 Å². The van der Waals surface area contributed by atoms with E-state index in [1.54, 1.807) is 12.1 Å². The van der Waals surface area contributed by atoms with Crippen molar-refractivity contribution in [3.8, 4) is 0 Å². The molecule has 78 valence electrons. The third-order valence-corrected chi connectivity index (χ3v) is 1.79. The molecule has 0 amide bonds. The summed E-state index contributed by atoms with van der Waals surface area (Å²) >= 11 is 0. The Morgan fingerprint density at radius 3 is 2.29 bits per heavy atom. The Labute approximate surface area is 83.1 Å². The predicted octanol–water partition coefficient (Wildman–Crippen LogP) is 2.66. The minimum absolute atomic E-state index is 0.250. The number of halogens is 2. The molecule has 1 rings (SSSR count). The molecule has 0 aliphatic carbocycles. The van der Waals surface area contributed by atoms with E-state index in [4.69, 9.17) is 0 Å². The van der Waals surface area contributed by atoms with Gasteiger partial charge in [-0.1, -0.05) is 12.1 Å². The zero-order valence-electron chi connectivity index (χ0n) is 8.48. The van der Waals surface area contributed by atoms with E-state index in [1.165, 1.54) is 26.0 Å². The smallest absolute Gasteiger partial charge is 0.123 e. The SMILES string of the molecule is CC(C)(F)CNCc1ccc(F)cc1. The van der Waals surface area contributed by atoms with E-state index >= 15 is 0 Å². The molecular weight excluding hydrogens is 184 g/mol. The van der Waals surface area contributed by atoms with Crippen molar-refractivity contribution in [2.45, 2.75) is 26.1 Å². The van der Waals surface area contributed by atoms with Crippen LogP contribution in [0.1, 0.15) is 19.4 Å². The minimum Gasteiger partial charge on any atom is -0.310 e. The van der Waals surface area contributed by atoms with Crippen molar-refractivity contribution in [2.24, 2.45) is 0 Å². The first-order chi connectivity index (χ1) is 6.47. The number of hydrogen-bond donors (Lipinski definition) is 1. The molecule has 1 aromatic carbocycles. The molecule has 0 fully saturated rings. The maximum absolute atomic E-state index is 13.0. The summed E-state index contributed by atoms with van der Waals surface area (Å²) in [6.45, 7) is 3.90. The van der Waals surface area contributed by atoms with Crippen molar-refractivity contribution in [3.05, 3.63) is 35.6 Å². The molecule has 0 heterocycles. The maximum Gasteiger partial charge on any atom is 0.123 e. The van der Waals surface area contributed by atoms with Crippen LogP contribution in [-0.4, -0.2) is 12.2 Å². The molecular formula is C11H15F2N. The molecule has 0 aliphatic heterocycles. The van der Waals surface area contributed by atoms with Crippen LogP contribution in [-0.2, 0) is 6.54 Å². The third kappa shape index (κ3) is 4.33. The first-order valence-corrected chi connectivity index (χ1v) is 4.61. The average molecular weight is 199 g/mol. The lowest BCUT2D eigenvalue weighted by atomic mass is 10.1. The Bertz CT molecular complexity index is 274. The average Bonchev–Trinajstić information content (AvgIpc) is 2.06. The predicted molar refractivity (Wildman–Crippen MR) is 53.3 cm³/mol. The Hall–Kier alpha value is -0.960. The number of nitrogens with one attached hydrogen (secondary N) is 1. The zero-order valence-corrected chi connectivity index (χ0v) is 8.48. The van der Waals surface area contributed by atoms with E-state index in [-0.39, 0.29) is 5.82 Å². The van der Waals surface area contributed by atoms with Crippen LogP contribution >= 0.6 is 0 Å². The summed E-state index contributed by atoms with van der Waals surface area (Å²) in [7, 11) is 0. The van der Waals surface area contributed by atoms with Gasteiger partial charge in [-0.25, -0.2) is 8.78 Å². The van der Waals surface area contributed by atoms with Gasteiger partial charge in [0.15, 0.2) is 0 Å². The van der Waals surface area contributed by atoms with E-state index in [0.29, 0.717) is 13.1 Å². The second kappa shape index (κ2) is 4.51. The van der Waals surface area contributed by atoms with Gasteiger partial charge in [0.2, 0.25) is 0 Å². The van der Waals surface area contributed by atoms with Gasteiger partial charge in [0.25, 0.3) is 0 Å². The van der Waals surface area contributed by atoms with Gasteiger partial charge >= 0.3 is 0 Å². The van der Waals surface area contributed by atoms with Gasteiger partial charge in [-0.15, -0.1) is 0 Å². The molecule has 0 aliphatic rings. The standard InChI is InChI=1S/C11H15F2N/c1-11(2,13)8-14-7-9-3-5-10(12)6-4-9/h3-6,14H,7-8H2,1-2H3. The largest absolute Gasteiger partial charge is 0.310 e. The topological polar surface area (TPSA) is 12.0 Å². The summed E-state index contributed by atoms with van der Waals surface area (Å²) in [5.41, 5.74) is -0.254. The summed E-state index contributed by atoms with van der Waals surface area (Å²) in [5.74, 6) is -0.250. The van der Waals surface area contributed by atoms with Crippen molar-refractivity contribution in [1.82, 2.24) is 5.32 Å². The van der Waals surface area contributed by atoms with Crippen molar-refractivity contribution in [2.75, 3.05) is 6.54 Å². The third-order valence-electron chi connectivity index (χ3n) is 1.79. The molecule has 1 aromatic rings. The van der Waals surface area contributed by atoms with E-state index in [2.05, 4.69) is 5.32 Å². The first kappa shape index (κ1) is 11.1. The molecule has 0 bridgehead atoms. The highest BCUT2D eigenvalue weighted by Gasteiger charge is 2.13. The Kier molecular flexibility index (Phi) is 3.58. The fourth-order valence-electron chi connectivity index (χ4n) is 1.11. The lowest BCUT2D eigenvalue weighted by molar-refractivity contribution is 0.210. The van der Waals surface area contributed by atoms with Gasteiger partial charge in [-0.05, 0) is 31.5 Å². The van der Waals surface area contributed by atoms with Crippen LogP contribution < -0.4 is 5.32 Å². The lowest BCUT2D eigenvalue weighted by Gasteiger charge is -2.14. The Morgan fingerprint density at radius 2 is 1.79 bits per heavy atom. The highest BCUT2D eigenvalue weighted by Crippen LogP contribution is 2.07. The summed E-state index contributed by atoms with van der Waals surface area (Å²) < 4.78 is 25.6.